The van der Waals surface area contributed by atoms with E-state index in [9.17, 15) is 0 Å². The van der Waals surface area contributed by atoms with Crippen LogP contribution >= 0.6 is 24.8 Å². The van der Waals surface area contributed by atoms with E-state index in [-0.39, 0.29) is 15.7 Å². The van der Waals surface area contributed by atoms with Crippen molar-refractivity contribution >= 4 is 29.0 Å². The number of aliphatic hydroxyl groups is 1. The Balaban J connectivity index is 4.62. The molecule has 1 N–H and O–H groups in total. The smallest absolute Gasteiger partial charge is 0.247 e. The van der Waals surface area contributed by atoms with Crippen LogP contribution in [0.15, 0.2) is 11.5 Å². The zero-order chi connectivity index (χ0) is 7.44. The second-order valence-electron chi connectivity index (χ2n) is 1.35. The molecule has 0 aliphatic heterocycles. The average Bonchev–Trinajstić information content (AvgIpc) is 1.64. The molecule has 0 aliphatic carbocycles. The van der Waals surface area contributed by atoms with Crippen molar-refractivity contribution in [3.8, 4) is 0 Å². The number of aliphatic hydroxyl groups excluding tert-OH is 1. The van der Waals surface area contributed by atoms with E-state index in [0.29, 0.717) is 0 Å². The summed E-state index contributed by atoms with van der Waals surface area (Å²) in [6.45, 7) is 7.89. The Morgan fingerprint density at radius 2 is 2.22 bits per heavy atom. The highest BCUT2D eigenvalue weighted by Gasteiger charge is 2.02. The first-order valence-electron chi connectivity index (χ1n) is 2.10. The fourth-order valence-corrected chi connectivity index (χ4v) is 0.689. The minimum Gasteiger partial charge on any atom is -0.524 e. The third kappa shape index (κ3) is 2.49. The summed E-state index contributed by atoms with van der Waals surface area (Å²) in [6.07, 6.45) is 0. The second-order valence-corrected chi connectivity index (χ2v) is 2.51. The van der Waals surface area contributed by atoms with E-state index >= 15 is 0 Å². The van der Waals surface area contributed by atoms with E-state index in [1.807, 2.05) is 0 Å². The van der Waals surface area contributed by atoms with E-state index in [4.69, 9.17) is 11.7 Å². The van der Waals surface area contributed by atoms with Crippen LogP contribution in [0.4, 0.5) is 0 Å². The maximum absolute atomic E-state index is 8.71. The molecule has 0 aromatic heterocycles. The third-order valence-electron chi connectivity index (χ3n) is 0.657. The van der Waals surface area contributed by atoms with Crippen LogP contribution in [0.3, 0.4) is 0 Å². The lowest BCUT2D eigenvalue weighted by Gasteiger charge is -1.92. The predicted octanol–water partition coefficient (Wildman–Crippen LogP) is 1.95. The summed E-state index contributed by atoms with van der Waals surface area (Å²) >= 11 is 8.24. The van der Waals surface area contributed by atoms with Crippen molar-refractivity contribution in [3.63, 3.8) is 0 Å². The van der Waals surface area contributed by atoms with Gasteiger partial charge in [-0.25, -0.2) is 4.85 Å². The van der Waals surface area contributed by atoms with E-state index in [1.165, 1.54) is 6.92 Å². The van der Waals surface area contributed by atoms with Crippen molar-refractivity contribution in [3.05, 3.63) is 22.9 Å². The van der Waals surface area contributed by atoms with Gasteiger partial charge in [0.15, 0.2) is 0 Å². The first-order chi connectivity index (χ1) is 4.09. The van der Waals surface area contributed by atoms with Gasteiger partial charge in [0.05, 0.1) is 16.5 Å². The molecule has 0 atom stereocenters. The van der Waals surface area contributed by atoms with Crippen LogP contribution in [0.1, 0.15) is 6.92 Å². The van der Waals surface area contributed by atoms with Gasteiger partial charge in [0.2, 0.25) is 5.70 Å². The number of rotatable bonds is 1. The zero-order valence-corrected chi connectivity index (χ0v) is 6.46. The van der Waals surface area contributed by atoms with E-state index in [1.54, 1.807) is 0 Å². The molecule has 4 heteroatoms. The predicted molar refractivity (Wildman–Crippen MR) is 43.5 cm³/mol. The quantitative estimate of drug-likeness (QED) is 0.201. The minimum atomic E-state index is -0.0787. The molecule has 0 aromatic rings. The first kappa shape index (κ1) is 8.47. The van der Waals surface area contributed by atoms with E-state index < -0.39 is 0 Å². The number of nitrogens with zero attached hydrogens (tertiary/aromatic N) is 1. The minimum absolute atomic E-state index is 0.0494. The fourth-order valence-electron chi connectivity index (χ4n) is 0.283. The topological polar surface area (TPSA) is 24.6 Å². The molecule has 0 amide bonds. The summed E-state index contributed by atoms with van der Waals surface area (Å²) in [6, 6.07) is 0. The van der Waals surface area contributed by atoms with Crippen LogP contribution < -0.4 is 0 Å². The monoisotopic (exact) mass is 159 g/mol. The van der Waals surface area contributed by atoms with Crippen LogP contribution in [0.2, 0.25) is 0 Å². The van der Waals surface area contributed by atoms with Gasteiger partial charge in [0.1, 0.15) is 0 Å². The SMILES string of the molecule is [C-]#[N+]C(C(=S)S)=C(C)O. The zero-order valence-electron chi connectivity index (χ0n) is 4.75. The lowest BCUT2D eigenvalue weighted by atomic mass is 10.4. The fraction of sp³-hybridized carbons (Fsp3) is 0.200. The number of thiocarbonyl (C=S) groups is 1. The summed E-state index contributed by atoms with van der Waals surface area (Å²) in [7, 11) is 0. The Bertz CT molecular complexity index is 197. The van der Waals surface area contributed by atoms with E-state index in [2.05, 4.69) is 29.7 Å². The molecule has 48 valence electrons. The Hall–Kier alpha value is -0.530. The molecule has 0 radical (unpaired) electrons. The molecule has 0 unspecified atom stereocenters. The highest BCUT2D eigenvalue weighted by atomic mass is 32.1. The Morgan fingerprint density at radius 3 is 2.22 bits per heavy atom. The first-order valence-corrected chi connectivity index (χ1v) is 2.95. The van der Waals surface area contributed by atoms with Gasteiger partial charge in [-0.15, -0.1) is 12.6 Å². The summed E-state index contributed by atoms with van der Waals surface area (Å²) in [5.41, 5.74) is 0.0494. The van der Waals surface area contributed by atoms with Gasteiger partial charge in [-0.05, 0) is 6.92 Å². The van der Waals surface area contributed by atoms with Crippen molar-refractivity contribution in [2.45, 2.75) is 6.92 Å². The van der Waals surface area contributed by atoms with Crippen molar-refractivity contribution in [1.82, 2.24) is 0 Å². The van der Waals surface area contributed by atoms with Gasteiger partial charge >= 0.3 is 0 Å². The molecule has 0 spiro atoms. The van der Waals surface area contributed by atoms with Gasteiger partial charge in [0.25, 0.3) is 0 Å². The Kier molecular flexibility index (Phi) is 3.28. The van der Waals surface area contributed by atoms with Crippen LogP contribution in [0, 0.1) is 6.57 Å². The Morgan fingerprint density at radius 1 is 1.78 bits per heavy atom. The summed E-state index contributed by atoms with van der Waals surface area (Å²) in [4.78, 5) is 2.95. The third-order valence-corrected chi connectivity index (χ3v) is 1.06. The largest absolute Gasteiger partial charge is 0.524 e. The molecule has 9 heavy (non-hydrogen) atoms. The van der Waals surface area contributed by atoms with Gasteiger partial charge < -0.3 is 5.11 Å². The Labute approximate surface area is 64.4 Å². The standard InChI is InChI=1S/C5H5NOS2/c1-3(7)4(6-2)5(8)9/h7H,1H3,(H,8,9). The highest BCUT2D eigenvalue weighted by molar-refractivity contribution is 8.11. The number of hydrogen-bond acceptors (Lipinski definition) is 2. The molecular formula is C5H5NOS2. The van der Waals surface area contributed by atoms with Crippen LogP contribution in [0.25, 0.3) is 4.85 Å². The molecule has 0 aliphatic rings. The molecule has 0 heterocycles. The summed E-state index contributed by atoms with van der Waals surface area (Å²) < 4.78 is 0.130. The number of thiol groups is 1. The van der Waals surface area contributed by atoms with Gasteiger partial charge in [0, 0.05) is 0 Å². The molecule has 0 fully saturated rings. The highest BCUT2D eigenvalue weighted by Crippen LogP contribution is 2.07. The maximum atomic E-state index is 8.71. The second kappa shape index (κ2) is 3.49. The lowest BCUT2D eigenvalue weighted by molar-refractivity contribution is 0.412. The molecule has 0 bridgehead atoms. The van der Waals surface area contributed by atoms with E-state index in [0.717, 1.165) is 0 Å². The maximum Gasteiger partial charge on any atom is 0.247 e. The average molecular weight is 159 g/mol. The van der Waals surface area contributed by atoms with Crippen molar-refractivity contribution in [1.29, 1.82) is 0 Å². The molecular weight excluding hydrogens is 154 g/mol. The lowest BCUT2D eigenvalue weighted by Crippen LogP contribution is -1.88. The van der Waals surface area contributed by atoms with Crippen LogP contribution in [-0.2, 0) is 0 Å². The van der Waals surface area contributed by atoms with Gasteiger partial charge in [-0.3, -0.25) is 0 Å². The summed E-state index contributed by atoms with van der Waals surface area (Å²) in [5.74, 6) is -0.0787. The van der Waals surface area contributed by atoms with Crippen molar-refractivity contribution < 1.29 is 5.11 Å². The van der Waals surface area contributed by atoms with Crippen molar-refractivity contribution in [2.75, 3.05) is 0 Å². The normalized spacial score (nSPS) is 11.7. The van der Waals surface area contributed by atoms with Crippen molar-refractivity contribution in [2.24, 2.45) is 0 Å². The number of allylic oxidation sites excluding steroid dienone is 1. The van der Waals surface area contributed by atoms with Crippen LogP contribution in [0.5, 0.6) is 0 Å². The molecule has 0 rings (SSSR count). The molecule has 0 saturated heterocycles. The number of hydrogen-bond donors (Lipinski definition) is 2. The van der Waals surface area contributed by atoms with Crippen LogP contribution in [-0.4, -0.2) is 9.30 Å². The molecule has 0 aromatic carbocycles. The summed E-state index contributed by atoms with van der Waals surface area (Å²) in [5, 5.41) is 8.71. The molecule has 0 saturated carbocycles. The van der Waals surface area contributed by atoms with Gasteiger partial charge in [-0.2, -0.15) is 0 Å². The van der Waals surface area contributed by atoms with Gasteiger partial charge in [-0.1, -0.05) is 12.2 Å². The molecule has 2 nitrogen and oxygen atoms in total.